The maximum absolute atomic E-state index is 12.1. The molecule has 25 heavy (non-hydrogen) atoms. The molecule has 11 nitrogen and oxygen atoms in total. The summed E-state index contributed by atoms with van der Waals surface area (Å²) in [6.45, 7) is 0.859. The van der Waals surface area contributed by atoms with Crippen LogP contribution in [0.5, 0.6) is 5.75 Å². The van der Waals surface area contributed by atoms with Crippen molar-refractivity contribution >= 4 is 45.8 Å². The number of halogens is 1. The van der Waals surface area contributed by atoms with Crippen LogP contribution in [0.4, 0.5) is 11.4 Å². The molecular weight excluding hydrogens is 443 g/mol. The first-order chi connectivity index (χ1) is 12.0. The van der Waals surface area contributed by atoms with Crippen LogP contribution in [0.2, 0.25) is 0 Å². The molecule has 0 heterocycles. The van der Waals surface area contributed by atoms with Crippen LogP contribution in [0.1, 0.15) is 23.2 Å². The maximum atomic E-state index is 12.1. The molecule has 2 amide bonds. The smallest absolute Gasteiger partial charge is 0.255 e. The van der Waals surface area contributed by atoms with Crippen molar-refractivity contribution in [2.75, 3.05) is 17.5 Å². The fourth-order valence-corrected chi connectivity index (χ4v) is 2.12. The summed E-state index contributed by atoms with van der Waals surface area (Å²) in [5, 5.41) is 21.9. The van der Waals surface area contributed by atoms with Gasteiger partial charge in [0.2, 0.25) is 5.91 Å². The molecule has 132 valence electrons. The van der Waals surface area contributed by atoms with Gasteiger partial charge in [0.05, 0.1) is 21.4 Å². The normalized spacial score (nSPS) is 9.48. The van der Waals surface area contributed by atoms with Gasteiger partial charge < -0.3 is 15.7 Å². The standard InChI is InChI=1S/C13H15IN8O3/c14-7-10(23)17-5-1-2-6-18-13(25)8-3-4-9(19-21-15)11(12(8)24)20-22-16/h3-4,24H,1-2,5-7H2,(H,17,23)(H,18,25). The van der Waals surface area contributed by atoms with Gasteiger partial charge in [-0.3, -0.25) is 9.59 Å². The molecular formula is C13H15IN8O3. The van der Waals surface area contributed by atoms with Crippen molar-refractivity contribution in [2.24, 2.45) is 10.2 Å². The van der Waals surface area contributed by atoms with E-state index in [1.54, 1.807) is 0 Å². The topological polar surface area (TPSA) is 176 Å². The maximum Gasteiger partial charge on any atom is 0.255 e. The van der Waals surface area contributed by atoms with Crippen LogP contribution in [0.3, 0.4) is 0 Å². The molecule has 0 atom stereocenters. The van der Waals surface area contributed by atoms with Gasteiger partial charge in [-0.25, -0.2) is 0 Å². The van der Waals surface area contributed by atoms with E-state index in [1.165, 1.54) is 12.1 Å². The highest BCUT2D eigenvalue weighted by molar-refractivity contribution is 14.1. The summed E-state index contributed by atoms with van der Waals surface area (Å²) in [5.74, 6) is -1.16. The first kappa shape index (κ1) is 20.4. The first-order valence-electron chi connectivity index (χ1n) is 7.12. The molecule has 0 saturated heterocycles. The fraction of sp³-hybridized carbons (Fsp3) is 0.385. The molecule has 0 aliphatic heterocycles. The van der Waals surface area contributed by atoms with E-state index in [2.05, 4.69) is 30.7 Å². The van der Waals surface area contributed by atoms with Gasteiger partial charge in [0.25, 0.3) is 5.91 Å². The predicted octanol–water partition coefficient (Wildman–Crippen LogP) is 3.34. The highest BCUT2D eigenvalue weighted by Gasteiger charge is 2.16. The molecule has 0 fully saturated rings. The SMILES string of the molecule is [N-]=[N+]=Nc1ccc(C(=O)NCCCCNC(=O)CI)c(O)c1N=[N+]=[N-]. The number of phenols is 1. The van der Waals surface area contributed by atoms with E-state index in [1.807, 2.05) is 22.6 Å². The Morgan fingerprint density at radius 1 is 1.12 bits per heavy atom. The van der Waals surface area contributed by atoms with E-state index in [0.29, 0.717) is 30.4 Å². The summed E-state index contributed by atoms with van der Waals surface area (Å²) in [6.07, 6.45) is 1.32. The second-order valence-corrected chi connectivity index (χ2v) is 5.42. The van der Waals surface area contributed by atoms with Gasteiger partial charge in [0.15, 0.2) is 0 Å². The lowest BCUT2D eigenvalue weighted by Gasteiger charge is -2.10. The number of carbonyl (C=O) groups excluding carboxylic acids is 2. The third kappa shape index (κ3) is 6.37. The number of nitrogens with one attached hydrogen (secondary N) is 2. The van der Waals surface area contributed by atoms with Crippen molar-refractivity contribution in [1.82, 2.24) is 10.6 Å². The number of alkyl halides is 1. The first-order valence-corrected chi connectivity index (χ1v) is 8.64. The van der Waals surface area contributed by atoms with E-state index in [4.69, 9.17) is 11.1 Å². The van der Waals surface area contributed by atoms with Crippen LogP contribution in [-0.2, 0) is 4.79 Å². The van der Waals surface area contributed by atoms with Crippen molar-refractivity contribution in [2.45, 2.75) is 12.8 Å². The Kier molecular flexibility index (Phi) is 8.93. The number of carbonyl (C=O) groups is 2. The van der Waals surface area contributed by atoms with Gasteiger partial charge in [-0.1, -0.05) is 38.9 Å². The number of phenolic OH excluding ortho intramolecular Hbond substituents is 1. The number of rotatable bonds is 9. The molecule has 12 heteroatoms. The Morgan fingerprint density at radius 3 is 2.36 bits per heavy atom. The zero-order chi connectivity index (χ0) is 18.7. The zero-order valence-corrected chi connectivity index (χ0v) is 15.2. The molecule has 1 rings (SSSR count). The van der Waals surface area contributed by atoms with Crippen LogP contribution in [-0.4, -0.2) is 34.4 Å². The van der Waals surface area contributed by atoms with Crippen LogP contribution in [0, 0.1) is 0 Å². The van der Waals surface area contributed by atoms with Crippen molar-refractivity contribution in [3.05, 3.63) is 38.6 Å². The third-order valence-electron chi connectivity index (χ3n) is 3.00. The second-order valence-electron chi connectivity index (χ2n) is 4.65. The lowest BCUT2D eigenvalue weighted by atomic mass is 10.1. The summed E-state index contributed by atoms with van der Waals surface area (Å²) >= 11 is 1.97. The largest absolute Gasteiger partial charge is 0.507 e. The zero-order valence-electron chi connectivity index (χ0n) is 13.0. The molecule has 0 unspecified atom stereocenters. The molecule has 0 aromatic heterocycles. The Bertz CT molecular complexity index is 741. The number of hydrogen-bond acceptors (Lipinski definition) is 5. The minimum atomic E-state index is -0.561. The molecule has 1 aromatic carbocycles. The minimum absolute atomic E-state index is 0.0414. The van der Waals surface area contributed by atoms with Crippen LogP contribution in [0.15, 0.2) is 22.4 Å². The van der Waals surface area contributed by atoms with Gasteiger partial charge in [-0.2, -0.15) is 0 Å². The molecule has 0 spiro atoms. The Balaban J connectivity index is 2.67. The van der Waals surface area contributed by atoms with Gasteiger partial charge in [-0.15, -0.1) is 0 Å². The summed E-state index contributed by atoms with van der Waals surface area (Å²) in [7, 11) is 0. The van der Waals surface area contributed by atoms with Crippen molar-refractivity contribution in [3.8, 4) is 5.75 Å². The molecule has 0 radical (unpaired) electrons. The summed E-state index contributed by atoms with van der Waals surface area (Å²) in [5.41, 5.74) is 16.5. The average molecular weight is 458 g/mol. The van der Waals surface area contributed by atoms with Crippen LogP contribution < -0.4 is 10.6 Å². The number of amides is 2. The van der Waals surface area contributed by atoms with Crippen molar-refractivity contribution in [3.63, 3.8) is 0 Å². The van der Waals surface area contributed by atoms with Crippen LogP contribution >= 0.6 is 22.6 Å². The van der Waals surface area contributed by atoms with Crippen molar-refractivity contribution < 1.29 is 14.7 Å². The predicted molar refractivity (Wildman–Crippen MR) is 99.2 cm³/mol. The minimum Gasteiger partial charge on any atom is -0.507 e. The summed E-state index contributed by atoms with van der Waals surface area (Å²) in [4.78, 5) is 28.3. The quantitative estimate of drug-likeness (QED) is 0.129. The number of unbranched alkanes of at least 4 members (excludes halogenated alkanes) is 1. The Morgan fingerprint density at radius 2 is 1.76 bits per heavy atom. The van der Waals surface area contributed by atoms with Gasteiger partial charge >= 0.3 is 0 Å². The number of aromatic hydroxyl groups is 1. The lowest BCUT2D eigenvalue weighted by molar-refractivity contribution is -0.118. The third-order valence-corrected chi connectivity index (χ3v) is 3.70. The highest BCUT2D eigenvalue weighted by atomic mass is 127. The van der Waals surface area contributed by atoms with E-state index in [9.17, 15) is 14.7 Å². The van der Waals surface area contributed by atoms with Crippen molar-refractivity contribution in [1.29, 1.82) is 0 Å². The van der Waals surface area contributed by atoms with Gasteiger partial charge in [-0.05, 0) is 30.0 Å². The number of hydrogen-bond donors (Lipinski definition) is 3. The average Bonchev–Trinajstić information content (AvgIpc) is 2.60. The fourth-order valence-electron chi connectivity index (χ4n) is 1.85. The van der Waals surface area contributed by atoms with E-state index < -0.39 is 11.7 Å². The number of azide groups is 2. The van der Waals surface area contributed by atoms with E-state index >= 15 is 0 Å². The molecule has 1 aromatic rings. The van der Waals surface area contributed by atoms with E-state index in [-0.39, 0.29) is 22.8 Å². The molecule has 0 bridgehead atoms. The van der Waals surface area contributed by atoms with Gasteiger partial charge in [0, 0.05) is 22.9 Å². The van der Waals surface area contributed by atoms with Crippen LogP contribution in [0.25, 0.3) is 20.9 Å². The lowest BCUT2D eigenvalue weighted by Crippen LogP contribution is -2.27. The van der Waals surface area contributed by atoms with E-state index in [0.717, 1.165) is 0 Å². The molecule has 3 N–H and O–H groups in total. The Hall–Kier alpha value is -2.69. The van der Waals surface area contributed by atoms with Gasteiger partial charge in [0.1, 0.15) is 5.75 Å². The molecule has 0 saturated carbocycles. The molecule has 0 aliphatic rings. The number of benzene rings is 1. The highest BCUT2D eigenvalue weighted by Crippen LogP contribution is 2.39. The number of nitrogens with zero attached hydrogens (tertiary/aromatic N) is 6. The molecule has 0 aliphatic carbocycles. The monoisotopic (exact) mass is 458 g/mol. The second kappa shape index (κ2) is 11.0. The summed E-state index contributed by atoms with van der Waals surface area (Å²) < 4.78 is 0.396. The Labute approximate surface area is 156 Å². The summed E-state index contributed by atoms with van der Waals surface area (Å²) in [6, 6.07) is 2.55.